The molecular formula is C13H25N5O. The van der Waals surface area contributed by atoms with Crippen molar-refractivity contribution >= 4 is 11.5 Å². The van der Waals surface area contributed by atoms with Crippen LogP contribution in [0.5, 0.6) is 5.88 Å². The molecule has 0 saturated heterocycles. The summed E-state index contributed by atoms with van der Waals surface area (Å²) in [6.45, 7) is 12.0. The maximum Gasteiger partial charge on any atom is 0.242 e. The van der Waals surface area contributed by atoms with Crippen LogP contribution in [-0.2, 0) is 0 Å². The third-order valence-corrected chi connectivity index (χ3v) is 2.81. The Morgan fingerprint density at radius 2 is 2.00 bits per heavy atom. The molecule has 1 rings (SSSR count). The van der Waals surface area contributed by atoms with E-state index in [9.17, 15) is 0 Å². The van der Waals surface area contributed by atoms with Gasteiger partial charge in [-0.25, -0.2) is 4.98 Å². The first-order chi connectivity index (χ1) is 9.08. The van der Waals surface area contributed by atoms with Gasteiger partial charge in [0.2, 0.25) is 5.88 Å². The summed E-state index contributed by atoms with van der Waals surface area (Å²) >= 11 is 0. The number of nitrogens with zero attached hydrogens (tertiary/aromatic N) is 3. The van der Waals surface area contributed by atoms with Crippen molar-refractivity contribution in [2.75, 3.05) is 37.2 Å². The maximum atomic E-state index is 5.99. The van der Waals surface area contributed by atoms with E-state index < -0.39 is 0 Å². The highest BCUT2D eigenvalue weighted by atomic mass is 16.5. The van der Waals surface area contributed by atoms with Crippen molar-refractivity contribution < 1.29 is 4.74 Å². The SMILES string of the molecule is CCN(CC)CCNc1ncnc(OC(C)C)c1N. The molecule has 108 valence electrons. The molecule has 6 nitrogen and oxygen atoms in total. The zero-order chi connectivity index (χ0) is 14.3. The summed E-state index contributed by atoms with van der Waals surface area (Å²) in [5.74, 6) is 1.08. The van der Waals surface area contributed by atoms with E-state index in [1.807, 2.05) is 13.8 Å². The number of hydrogen-bond acceptors (Lipinski definition) is 6. The highest BCUT2D eigenvalue weighted by molar-refractivity contribution is 5.66. The number of ether oxygens (including phenoxy) is 1. The van der Waals surface area contributed by atoms with E-state index in [0.29, 0.717) is 17.4 Å². The Labute approximate surface area is 115 Å². The van der Waals surface area contributed by atoms with Crippen molar-refractivity contribution in [3.05, 3.63) is 6.33 Å². The van der Waals surface area contributed by atoms with E-state index in [2.05, 4.69) is 34.0 Å². The largest absolute Gasteiger partial charge is 0.473 e. The molecule has 0 atom stereocenters. The van der Waals surface area contributed by atoms with Gasteiger partial charge in [-0.15, -0.1) is 0 Å². The van der Waals surface area contributed by atoms with Gasteiger partial charge in [-0.1, -0.05) is 13.8 Å². The number of nitrogen functional groups attached to an aromatic ring is 1. The van der Waals surface area contributed by atoms with Gasteiger partial charge in [-0.05, 0) is 26.9 Å². The van der Waals surface area contributed by atoms with Crippen LogP contribution in [0.2, 0.25) is 0 Å². The monoisotopic (exact) mass is 267 g/mol. The number of anilines is 2. The Morgan fingerprint density at radius 3 is 2.58 bits per heavy atom. The minimum Gasteiger partial charge on any atom is -0.473 e. The summed E-state index contributed by atoms with van der Waals surface area (Å²) in [5.41, 5.74) is 6.46. The molecule has 19 heavy (non-hydrogen) atoms. The Kier molecular flexibility index (Phi) is 6.35. The molecule has 0 aliphatic heterocycles. The average molecular weight is 267 g/mol. The fraction of sp³-hybridized carbons (Fsp3) is 0.692. The fourth-order valence-corrected chi connectivity index (χ4v) is 1.71. The lowest BCUT2D eigenvalue weighted by atomic mass is 10.4. The molecule has 0 saturated carbocycles. The quantitative estimate of drug-likeness (QED) is 0.745. The number of nitrogens with one attached hydrogen (secondary N) is 1. The Morgan fingerprint density at radius 1 is 1.32 bits per heavy atom. The molecule has 1 aromatic heterocycles. The van der Waals surface area contributed by atoms with Crippen molar-refractivity contribution in [2.45, 2.75) is 33.8 Å². The summed E-state index contributed by atoms with van der Waals surface area (Å²) in [6, 6.07) is 0. The molecule has 0 radical (unpaired) electrons. The number of rotatable bonds is 8. The highest BCUT2D eigenvalue weighted by Crippen LogP contribution is 2.25. The topological polar surface area (TPSA) is 76.3 Å². The zero-order valence-electron chi connectivity index (χ0n) is 12.3. The summed E-state index contributed by atoms with van der Waals surface area (Å²) in [6.07, 6.45) is 1.51. The van der Waals surface area contributed by atoms with E-state index in [1.165, 1.54) is 6.33 Å². The predicted molar refractivity (Wildman–Crippen MR) is 78.5 cm³/mol. The number of hydrogen-bond donors (Lipinski definition) is 2. The van der Waals surface area contributed by atoms with Crippen LogP contribution in [0.4, 0.5) is 11.5 Å². The smallest absolute Gasteiger partial charge is 0.242 e. The van der Waals surface area contributed by atoms with Gasteiger partial charge < -0.3 is 20.7 Å². The lowest BCUT2D eigenvalue weighted by Crippen LogP contribution is -2.29. The van der Waals surface area contributed by atoms with Crippen LogP contribution in [0.15, 0.2) is 6.33 Å². The van der Waals surface area contributed by atoms with Crippen LogP contribution in [0.25, 0.3) is 0 Å². The minimum absolute atomic E-state index is 0.0423. The van der Waals surface area contributed by atoms with E-state index in [1.54, 1.807) is 0 Å². The first kappa shape index (κ1) is 15.5. The molecule has 3 N–H and O–H groups in total. The summed E-state index contributed by atoms with van der Waals surface area (Å²) < 4.78 is 5.53. The van der Waals surface area contributed by atoms with Crippen LogP contribution in [0, 0.1) is 0 Å². The molecule has 6 heteroatoms. The third-order valence-electron chi connectivity index (χ3n) is 2.81. The summed E-state index contributed by atoms with van der Waals surface area (Å²) in [7, 11) is 0. The maximum absolute atomic E-state index is 5.99. The Hall–Kier alpha value is -1.56. The molecule has 0 bridgehead atoms. The predicted octanol–water partition coefficient (Wildman–Crippen LogP) is 1.60. The van der Waals surface area contributed by atoms with Crippen molar-refractivity contribution in [3.63, 3.8) is 0 Å². The lowest BCUT2D eigenvalue weighted by molar-refractivity contribution is 0.234. The molecule has 0 aromatic carbocycles. The number of nitrogens with two attached hydrogens (primary N) is 1. The van der Waals surface area contributed by atoms with E-state index in [-0.39, 0.29) is 6.10 Å². The van der Waals surface area contributed by atoms with Crippen LogP contribution >= 0.6 is 0 Å². The van der Waals surface area contributed by atoms with Gasteiger partial charge in [0.05, 0.1) is 6.10 Å². The Balaban J connectivity index is 2.58. The first-order valence-corrected chi connectivity index (χ1v) is 6.81. The fourth-order valence-electron chi connectivity index (χ4n) is 1.71. The zero-order valence-corrected chi connectivity index (χ0v) is 12.3. The second-order valence-corrected chi connectivity index (χ2v) is 4.56. The normalized spacial score (nSPS) is 11.1. The van der Waals surface area contributed by atoms with Crippen LogP contribution in [-0.4, -0.2) is 47.2 Å². The molecule has 1 heterocycles. The van der Waals surface area contributed by atoms with Crippen LogP contribution in [0.1, 0.15) is 27.7 Å². The second-order valence-electron chi connectivity index (χ2n) is 4.56. The Bertz CT molecular complexity index is 379. The van der Waals surface area contributed by atoms with E-state index >= 15 is 0 Å². The van der Waals surface area contributed by atoms with Crippen molar-refractivity contribution in [3.8, 4) is 5.88 Å². The minimum atomic E-state index is 0.0423. The van der Waals surface area contributed by atoms with Gasteiger partial charge in [-0.2, -0.15) is 4.98 Å². The van der Waals surface area contributed by atoms with Crippen molar-refractivity contribution in [2.24, 2.45) is 0 Å². The molecule has 0 amide bonds. The van der Waals surface area contributed by atoms with E-state index in [4.69, 9.17) is 10.5 Å². The number of aromatic nitrogens is 2. The van der Waals surface area contributed by atoms with Crippen LogP contribution < -0.4 is 15.8 Å². The van der Waals surface area contributed by atoms with E-state index in [0.717, 1.165) is 26.2 Å². The molecule has 0 unspecified atom stereocenters. The number of likely N-dealkylation sites (N-methyl/N-ethyl adjacent to an activating group) is 1. The van der Waals surface area contributed by atoms with Gasteiger partial charge in [-0.3, -0.25) is 0 Å². The van der Waals surface area contributed by atoms with Gasteiger partial charge in [0, 0.05) is 13.1 Å². The standard InChI is InChI=1S/C13H25N5O/c1-5-18(6-2)8-7-15-12-11(14)13(17-9-16-12)19-10(3)4/h9-10H,5-8,14H2,1-4H3,(H,15,16,17). The molecule has 0 spiro atoms. The highest BCUT2D eigenvalue weighted by Gasteiger charge is 2.10. The van der Waals surface area contributed by atoms with Gasteiger partial charge >= 0.3 is 0 Å². The second kappa shape index (κ2) is 7.78. The molecular weight excluding hydrogens is 242 g/mol. The van der Waals surface area contributed by atoms with Crippen molar-refractivity contribution in [1.29, 1.82) is 0 Å². The van der Waals surface area contributed by atoms with Crippen molar-refractivity contribution in [1.82, 2.24) is 14.9 Å². The molecule has 1 aromatic rings. The first-order valence-electron chi connectivity index (χ1n) is 6.81. The average Bonchev–Trinajstić information content (AvgIpc) is 2.38. The molecule has 0 aliphatic rings. The molecule has 0 fully saturated rings. The summed E-state index contributed by atoms with van der Waals surface area (Å²) in [5, 5.41) is 3.23. The molecule has 0 aliphatic carbocycles. The van der Waals surface area contributed by atoms with Gasteiger partial charge in [0.15, 0.2) is 5.82 Å². The van der Waals surface area contributed by atoms with Crippen LogP contribution in [0.3, 0.4) is 0 Å². The van der Waals surface area contributed by atoms with Gasteiger partial charge in [0.1, 0.15) is 12.0 Å². The third kappa shape index (κ3) is 4.90. The summed E-state index contributed by atoms with van der Waals surface area (Å²) in [4.78, 5) is 10.5. The van der Waals surface area contributed by atoms with Gasteiger partial charge in [0.25, 0.3) is 0 Å². The lowest BCUT2D eigenvalue weighted by Gasteiger charge is -2.19.